The molecule has 3 N–H and O–H groups in total. The average Bonchev–Trinajstić information content (AvgIpc) is 3.16. The van der Waals surface area contributed by atoms with E-state index < -0.39 is 6.10 Å². The maximum atomic E-state index is 11.9. The van der Waals surface area contributed by atoms with E-state index in [2.05, 4.69) is 15.5 Å². The summed E-state index contributed by atoms with van der Waals surface area (Å²) in [6, 6.07) is 9.46. The van der Waals surface area contributed by atoms with Gasteiger partial charge >= 0.3 is 6.03 Å². The molecule has 0 radical (unpaired) electrons. The highest BCUT2D eigenvalue weighted by molar-refractivity contribution is 7.07. The molecule has 1 unspecified atom stereocenters. The number of carbonyl (C=O) groups is 1. The van der Waals surface area contributed by atoms with Gasteiger partial charge in [-0.3, -0.25) is 0 Å². The van der Waals surface area contributed by atoms with Gasteiger partial charge in [-0.25, -0.2) is 4.79 Å². The van der Waals surface area contributed by atoms with E-state index in [9.17, 15) is 9.90 Å². The molecule has 5 nitrogen and oxygen atoms in total. The van der Waals surface area contributed by atoms with E-state index in [0.29, 0.717) is 0 Å². The van der Waals surface area contributed by atoms with E-state index in [1.165, 1.54) is 36.3 Å². The van der Waals surface area contributed by atoms with Crippen molar-refractivity contribution in [2.45, 2.75) is 25.4 Å². The molecule has 2 heterocycles. The first-order chi connectivity index (χ1) is 11.7. The van der Waals surface area contributed by atoms with Crippen molar-refractivity contribution >= 4 is 28.7 Å². The van der Waals surface area contributed by atoms with Crippen LogP contribution in [0.1, 0.15) is 30.9 Å². The van der Waals surface area contributed by atoms with Crippen molar-refractivity contribution in [3.63, 3.8) is 0 Å². The first kappa shape index (κ1) is 16.8. The van der Waals surface area contributed by atoms with Crippen LogP contribution in [0, 0.1) is 0 Å². The lowest BCUT2D eigenvalue weighted by Crippen LogP contribution is -2.32. The van der Waals surface area contributed by atoms with Crippen molar-refractivity contribution in [1.29, 1.82) is 0 Å². The third kappa shape index (κ3) is 4.49. The van der Waals surface area contributed by atoms with Crippen molar-refractivity contribution < 1.29 is 9.90 Å². The van der Waals surface area contributed by atoms with Crippen LogP contribution >= 0.6 is 11.3 Å². The number of urea groups is 1. The van der Waals surface area contributed by atoms with Gasteiger partial charge in [0, 0.05) is 31.0 Å². The van der Waals surface area contributed by atoms with Crippen LogP contribution in [0.4, 0.5) is 16.2 Å². The zero-order valence-corrected chi connectivity index (χ0v) is 14.4. The van der Waals surface area contributed by atoms with Gasteiger partial charge in [-0.1, -0.05) is 0 Å². The van der Waals surface area contributed by atoms with E-state index in [-0.39, 0.29) is 12.6 Å². The quantitative estimate of drug-likeness (QED) is 0.776. The molecule has 0 bridgehead atoms. The Morgan fingerprint density at radius 2 is 1.92 bits per heavy atom. The van der Waals surface area contributed by atoms with Gasteiger partial charge in [-0.2, -0.15) is 11.3 Å². The minimum Gasteiger partial charge on any atom is -0.387 e. The maximum absolute atomic E-state index is 11.9. The van der Waals surface area contributed by atoms with Gasteiger partial charge in [0.25, 0.3) is 0 Å². The number of aliphatic hydroxyl groups is 1. The molecule has 1 aliphatic rings. The summed E-state index contributed by atoms with van der Waals surface area (Å²) in [5.74, 6) is 0. The second-order valence-corrected chi connectivity index (χ2v) is 6.78. The van der Waals surface area contributed by atoms with Crippen LogP contribution in [0.2, 0.25) is 0 Å². The number of nitrogens with one attached hydrogen (secondary N) is 2. The first-order valence-electron chi connectivity index (χ1n) is 8.32. The number of aliphatic hydroxyl groups excluding tert-OH is 1. The molecule has 0 aliphatic carbocycles. The van der Waals surface area contributed by atoms with E-state index >= 15 is 0 Å². The highest BCUT2D eigenvalue weighted by Crippen LogP contribution is 2.21. The van der Waals surface area contributed by atoms with Gasteiger partial charge in [0.1, 0.15) is 0 Å². The first-order valence-corrected chi connectivity index (χ1v) is 9.27. The Balaban J connectivity index is 1.47. The second-order valence-electron chi connectivity index (χ2n) is 6.00. The van der Waals surface area contributed by atoms with Crippen LogP contribution in [-0.4, -0.2) is 30.8 Å². The third-order valence-corrected chi connectivity index (χ3v) is 4.93. The molecule has 1 aromatic carbocycles. The summed E-state index contributed by atoms with van der Waals surface area (Å²) in [5, 5.41) is 19.2. The summed E-state index contributed by atoms with van der Waals surface area (Å²) in [7, 11) is 0. The molecule has 2 aromatic rings. The van der Waals surface area contributed by atoms with Crippen molar-refractivity contribution in [1.82, 2.24) is 5.32 Å². The van der Waals surface area contributed by atoms with Crippen LogP contribution in [0.5, 0.6) is 0 Å². The molecule has 1 saturated heterocycles. The Bertz CT molecular complexity index is 637. The maximum Gasteiger partial charge on any atom is 0.319 e. The van der Waals surface area contributed by atoms with Gasteiger partial charge in [0.2, 0.25) is 0 Å². The molecule has 24 heavy (non-hydrogen) atoms. The number of benzene rings is 1. The van der Waals surface area contributed by atoms with Gasteiger partial charge < -0.3 is 20.6 Å². The SMILES string of the molecule is O=C(NCC(O)c1ccsc1)Nc1ccc(N2CCCCC2)cc1. The Labute approximate surface area is 146 Å². The summed E-state index contributed by atoms with van der Waals surface area (Å²) in [6.45, 7) is 2.40. The molecule has 1 atom stereocenters. The zero-order valence-electron chi connectivity index (χ0n) is 13.6. The molecule has 2 amide bonds. The molecular formula is C18H23N3O2S. The highest BCUT2D eigenvalue weighted by Gasteiger charge is 2.12. The summed E-state index contributed by atoms with van der Waals surface area (Å²) >= 11 is 1.53. The fourth-order valence-corrected chi connectivity index (χ4v) is 3.56. The molecule has 1 aromatic heterocycles. The Hall–Kier alpha value is -2.05. The third-order valence-electron chi connectivity index (χ3n) is 4.23. The highest BCUT2D eigenvalue weighted by atomic mass is 32.1. The lowest BCUT2D eigenvalue weighted by atomic mass is 10.1. The summed E-state index contributed by atoms with van der Waals surface area (Å²) in [4.78, 5) is 14.3. The monoisotopic (exact) mass is 345 g/mol. The van der Waals surface area contributed by atoms with Gasteiger partial charge in [-0.05, 0) is 65.9 Å². The zero-order chi connectivity index (χ0) is 16.8. The van der Waals surface area contributed by atoms with Gasteiger partial charge in [0.05, 0.1) is 6.10 Å². The summed E-state index contributed by atoms with van der Waals surface area (Å²) in [6.07, 6.45) is 3.13. The van der Waals surface area contributed by atoms with Crippen molar-refractivity contribution in [2.24, 2.45) is 0 Å². The Morgan fingerprint density at radius 1 is 1.17 bits per heavy atom. The Kier molecular flexibility index (Phi) is 5.72. The number of hydrogen-bond donors (Lipinski definition) is 3. The smallest absolute Gasteiger partial charge is 0.319 e. The number of anilines is 2. The molecule has 1 fully saturated rings. The van der Waals surface area contributed by atoms with E-state index in [1.807, 2.05) is 41.1 Å². The number of carbonyl (C=O) groups excluding carboxylic acids is 1. The molecule has 3 rings (SSSR count). The molecule has 0 spiro atoms. The topological polar surface area (TPSA) is 64.6 Å². The second kappa shape index (κ2) is 8.17. The molecule has 6 heteroatoms. The van der Waals surface area contributed by atoms with Crippen LogP contribution in [-0.2, 0) is 0 Å². The predicted molar refractivity (Wildman–Crippen MR) is 98.8 cm³/mol. The number of hydrogen-bond acceptors (Lipinski definition) is 4. The van der Waals surface area contributed by atoms with Crippen molar-refractivity contribution in [3.8, 4) is 0 Å². The number of piperidine rings is 1. The van der Waals surface area contributed by atoms with E-state index in [1.54, 1.807) is 0 Å². The minimum absolute atomic E-state index is 0.189. The normalized spacial score (nSPS) is 15.8. The van der Waals surface area contributed by atoms with Crippen LogP contribution in [0.25, 0.3) is 0 Å². The van der Waals surface area contributed by atoms with E-state index in [4.69, 9.17) is 0 Å². The largest absolute Gasteiger partial charge is 0.387 e. The average molecular weight is 345 g/mol. The fraction of sp³-hybridized carbons (Fsp3) is 0.389. The lowest BCUT2D eigenvalue weighted by Gasteiger charge is -2.28. The van der Waals surface area contributed by atoms with Gasteiger partial charge in [-0.15, -0.1) is 0 Å². The van der Waals surface area contributed by atoms with Crippen LogP contribution in [0.3, 0.4) is 0 Å². The summed E-state index contributed by atoms with van der Waals surface area (Å²) in [5.41, 5.74) is 2.78. The number of thiophene rings is 1. The van der Waals surface area contributed by atoms with Crippen molar-refractivity contribution in [3.05, 3.63) is 46.7 Å². The van der Waals surface area contributed by atoms with Crippen LogP contribution in [0.15, 0.2) is 41.1 Å². The van der Waals surface area contributed by atoms with Crippen molar-refractivity contribution in [2.75, 3.05) is 29.9 Å². The van der Waals surface area contributed by atoms with Crippen LogP contribution < -0.4 is 15.5 Å². The molecule has 1 aliphatic heterocycles. The fourth-order valence-electron chi connectivity index (χ4n) is 2.85. The molecule has 128 valence electrons. The number of rotatable bonds is 5. The van der Waals surface area contributed by atoms with Gasteiger partial charge in [0.15, 0.2) is 0 Å². The lowest BCUT2D eigenvalue weighted by molar-refractivity contribution is 0.175. The predicted octanol–water partition coefficient (Wildman–Crippen LogP) is 3.59. The summed E-state index contributed by atoms with van der Waals surface area (Å²) < 4.78 is 0. The Morgan fingerprint density at radius 3 is 2.58 bits per heavy atom. The molecular weight excluding hydrogens is 322 g/mol. The minimum atomic E-state index is -0.677. The standard InChI is InChI=1S/C18H23N3O2S/c22-17(14-8-11-24-13-14)12-19-18(23)20-15-4-6-16(7-5-15)21-9-2-1-3-10-21/h4-8,11,13,17,22H,1-3,9-10,12H2,(H2,19,20,23). The van der Waals surface area contributed by atoms with E-state index in [0.717, 1.165) is 24.3 Å². The number of amides is 2. The number of nitrogens with zero attached hydrogens (tertiary/aromatic N) is 1. The molecule has 0 saturated carbocycles.